The van der Waals surface area contributed by atoms with Crippen LogP contribution in [0.25, 0.3) is 11.1 Å². The third-order valence-corrected chi connectivity index (χ3v) is 4.29. The smallest absolute Gasteiger partial charge is 0.298 e. The third-order valence-electron chi connectivity index (χ3n) is 4.06. The standard InChI is InChI=1S/C14H15ClN4O2/c15-9-1-2-11-12(5-9)21-14(17-11)19-6-10(7-19)18-4-3-16-13(20)8-18/h1-2,5,10H,3-4,6-8H2,(H,16,20). The molecule has 1 amide bonds. The van der Waals surface area contributed by atoms with Gasteiger partial charge in [0.15, 0.2) is 5.58 Å². The molecular formula is C14H15ClN4O2. The predicted octanol–water partition coefficient (Wildman–Crippen LogP) is 1.10. The minimum atomic E-state index is 0.108. The number of rotatable bonds is 2. The SMILES string of the molecule is O=C1CN(C2CN(c3nc4ccc(Cl)cc4o3)C2)CCN1. The molecule has 2 aliphatic rings. The Morgan fingerprint density at radius 1 is 1.38 bits per heavy atom. The molecule has 0 saturated carbocycles. The molecule has 3 heterocycles. The van der Waals surface area contributed by atoms with Gasteiger partial charge in [-0.1, -0.05) is 11.6 Å². The highest BCUT2D eigenvalue weighted by molar-refractivity contribution is 6.31. The number of benzene rings is 1. The van der Waals surface area contributed by atoms with E-state index in [1.165, 1.54) is 0 Å². The topological polar surface area (TPSA) is 61.6 Å². The number of piperazine rings is 1. The second-order valence-electron chi connectivity index (χ2n) is 5.49. The summed E-state index contributed by atoms with van der Waals surface area (Å²) in [5, 5.41) is 3.49. The Kier molecular flexibility index (Phi) is 3.01. The highest BCUT2D eigenvalue weighted by atomic mass is 35.5. The van der Waals surface area contributed by atoms with Gasteiger partial charge in [-0.25, -0.2) is 0 Å². The molecular weight excluding hydrogens is 292 g/mol. The number of hydrogen-bond donors (Lipinski definition) is 1. The highest BCUT2D eigenvalue weighted by Gasteiger charge is 2.36. The van der Waals surface area contributed by atoms with Gasteiger partial charge in [-0.05, 0) is 12.1 Å². The van der Waals surface area contributed by atoms with Crippen molar-refractivity contribution < 1.29 is 9.21 Å². The van der Waals surface area contributed by atoms with Crippen LogP contribution < -0.4 is 10.2 Å². The first-order valence-corrected chi connectivity index (χ1v) is 7.38. The normalized spacial score (nSPS) is 20.6. The quantitative estimate of drug-likeness (QED) is 0.900. The van der Waals surface area contributed by atoms with Crippen molar-refractivity contribution in [2.24, 2.45) is 0 Å². The van der Waals surface area contributed by atoms with E-state index in [4.69, 9.17) is 16.0 Å². The summed E-state index contributed by atoms with van der Waals surface area (Å²) in [5.41, 5.74) is 1.52. The molecule has 0 unspecified atom stereocenters. The van der Waals surface area contributed by atoms with E-state index in [1.807, 2.05) is 6.07 Å². The molecule has 0 bridgehead atoms. The lowest BCUT2D eigenvalue weighted by Gasteiger charge is -2.45. The van der Waals surface area contributed by atoms with Crippen molar-refractivity contribution in [1.29, 1.82) is 0 Å². The number of amides is 1. The van der Waals surface area contributed by atoms with Crippen molar-refractivity contribution in [3.05, 3.63) is 23.2 Å². The lowest BCUT2D eigenvalue weighted by molar-refractivity contribution is -0.125. The highest BCUT2D eigenvalue weighted by Crippen LogP contribution is 2.28. The van der Waals surface area contributed by atoms with Crippen molar-refractivity contribution in [2.45, 2.75) is 6.04 Å². The lowest BCUT2D eigenvalue weighted by Crippen LogP contribution is -2.64. The van der Waals surface area contributed by atoms with Crippen molar-refractivity contribution in [1.82, 2.24) is 15.2 Å². The molecule has 0 aliphatic carbocycles. The summed E-state index contributed by atoms with van der Waals surface area (Å²) in [4.78, 5) is 20.2. The minimum Gasteiger partial charge on any atom is -0.423 e. The molecule has 2 saturated heterocycles. The first-order chi connectivity index (χ1) is 10.2. The van der Waals surface area contributed by atoms with Gasteiger partial charge in [0.2, 0.25) is 5.91 Å². The van der Waals surface area contributed by atoms with Crippen LogP contribution in [0.2, 0.25) is 5.02 Å². The van der Waals surface area contributed by atoms with E-state index in [2.05, 4.69) is 20.1 Å². The maximum absolute atomic E-state index is 11.4. The summed E-state index contributed by atoms with van der Waals surface area (Å²) in [6.07, 6.45) is 0. The van der Waals surface area contributed by atoms with Gasteiger partial charge in [0.25, 0.3) is 6.01 Å². The molecule has 0 radical (unpaired) electrons. The van der Waals surface area contributed by atoms with E-state index >= 15 is 0 Å². The van der Waals surface area contributed by atoms with Crippen LogP contribution in [0.3, 0.4) is 0 Å². The zero-order valence-electron chi connectivity index (χ0n) is 11.4. The van der Waals surface area contributed by atoms with Crippen LogP contribution in [0, 0.1) is 0 Å². The Labute approximate surface area is 126 Å². The molecule has 0 atom stereocenters. The Bertz CT molecular complexity index is 695. The largest absolute Gasteiger partial charge is 0.423 e. The molecule has 0 spiro atoms. The number of nitrogens with one attached hydrogen (secondary N) is 1. The molecule has 21 heavy (non-hydrogen) atoms. The zero-order valence-corrected chi connectivity index (χ0v) is 12.1. The fourth-order valence-corrected chi connectivity index (χ4v) is 3.00. The fourth-order valence-electron chi connectivity index (χ4n) is 2.83. The van der Waals surface area contributed by atoms with Crippen LogP contribution in [0.15, 0.2) is 22.6 Å². The first kappa shape index (κ1) is 12.9. The van der Waals surface area contributed by atoms with Crippen molar-refractivity contribution in [3.8, 4) is 0 Å². The van der Waals surface area contributed by atoms with Gasteiger partial charge in [0, 0.05) is 43.3 Å². The number of oxazole rings is 1. The van der Waals surface area contributed by atoms with Crippen molar-refractivity contribution >= 4 is 34.6 Å². The first-order valence-electron chi connectivity index (χ1n) is 7.01. The van der Waals surface area contributed by atoms with Gasteiger partial charge in [-0.15, -0.1) is 0 Å². The van der Waals surface area contributed by atoms with E-state index in [-0.39, 0.29) is 5.91 Å². The Balaban J connectivity index is 1.45. The van der Waals surface area contributed by atoms with Gasteiger partial charge in [0.1, 0.15) is 5.52 Å². The van der Waals surface area contributed by atoms with Gasteiger partial charge in [-0.3, -0.25) is 9.69 Å². The van der Waals surface area contributed by atoms with E-state index in [9.17, 15) is 4.79 Å². The number of anilines is 1. The average Bonchev–Trinajstić information content (AvgIpc) is 2.79. The van der Waals surface area contributed by atoms with Gasteiger partial charge in [-0.2, -0.15) is 4.98 Å². The summed E-state index contributed by atoms with van der Waals surface area (Å²) in [5.74, 6) is 0.108. The molecule has 4 rings (SSSR count). The summed E-state index contributed by atoms with van der Waals surface area (Å²) in [6, 6.07) is 6.47. The molecule has 7 heteroatoms. The van der Waals surface area contributed by atoms with E-state index in [0.717, 1.165) is 31.7 Å². The maximum atomic E-state index is 11.4. The van der Waals surface area contributed by atoms with E-state index in [1.54, 1.807) is 12.1 Å². The second kappa shape index (κ2) is 4.89. The summed E-state index contributed by atoms with van der Waals surface area (Å²) >= 11 is 5.95. The summed E-state index contributed by atoms with van der Waals surface area (Å²) in [6.45, 7) is 3.81. The van der Waals surface area contributed by atoms with Crippen LogP contribution in [-0.2, 0) is 4.79 Å². The summed E-state index contributed by atoms with van der Waals surface area (Å²) in [7, 11) is 0. The Morgan fingerprint density at radius 2 is 2.24 bits per heavy atom. The van der Waals surface area contributed by atoms with Crippen LogP contribution in [0.4, 0.5) is 6.01 Å². The van der Waals surface area contributed by atoms with Gasteiger partial charge >= 0.3 is 0 Å². The number of carbonyl (C=O) groups excluding carboxylic acids is 1. The molecule has 1 N–H and O–H groups in total. The molecule has 2 aromatic rings. The number of aromatic nitrogens is 1. The van der Waals surface area contributed by atoms with Crippen LogP contribution in [0.5, 0.6) is 0 Å². The predicted molar refractivity (Wildman–Crippen MR) is 79.6 cm³/mol. The number of fused-ring (bicyclic) bond motifs is 1. The molecule has 1 aromatic carbocycles. The number of nitrogens with zero attached hydrogens (tertiary/aromatic N) is 3. The zero-order chi connectivity index (χ0) is 14.4. The monoisotopic (exact) mass is 306 g/mol. The number of carbonyl (C=O) groups is 1. The minimum absolute atomic E-state index is 0.108. The summed E-state index contributed by atoms with van der Waals surface area (Å²) < 4.78 is 5.74. The van der Waals surface area contributed by atoms with E-state index < -0.39 is 0 Å². The van der Waals surface area contributed by atoms with E-state index in [0.29, 0.717) is 29.2 Å². The number of halogens is 1. The second-order valence-corrected chi connectivity index (χ2v) is 5.92. The molecule has 2 fully saturated rings. The Hall–Kier alpha value is -1.79. The van der Waals surface area contributed by atoms with Crippen LogP contribution in [-0.4, -0.2) is 54.6 Å². The molecule has 6 nitrogen and oxygen atoms in total. The average molecular weight is 307 g/mol. The Morgan fingerprint density at radius 3 is 3.05 bits per heavy atom. The molecule has 110 valence electrons. The fraction of sp³-hybridized carbons (Fsp3) is 0.429. The van der Waals surface area contributed by atoms with Crippen LogP contribution in [0.1, 0.15) is 0 Å². The van der Waals surface area contributed by atoms with Gasteiger partial charge < -0.3 is 14.6 Å². The van der Waals surface area contributed by atoms with Crippen molar-refractivity contribution in [2.75, 3.05) is 37.6 Å². The molecule has 2 aliphatic heterocycles. The number of hydrogen-bond acceptors (Lipinski definition) is 5. The van der Waals surface area contributed by atoms with Crippen LogP contribution >= 0.6 is 11.6 Å². The maximum Gasteiger partial charge on any atom is 0.298 e. The van der Waals surface area contributed by atoms with Gasteiger partial charge in [0.05, 0.1) is 6.54 Å². The lowest BCUT2D eigenvalue weighted by atomic mass is 10.1. The third kappa shape index (κ3) is 2.34. The molecule has 1 aromatic heterocycles. The van der Waals surface area contributed by atoms with Crippen molar-refractivity contribution in [3.63, 3.8) is 0 Å².